The summed E-state index contributed by atoms with van der Waals surface area (Å²) in [7, 11) is -2.53. The summed E-state index contributed by atoms with van der Waals surface area (Å²) in [5, 5.41) is -1.23. The van der Waals surface area contributed by atoms with E-state index >= 15 is 0 Å². The van der Waals surface area contributed by atoms with Crippen molar-refractivity contribution in [2.75, 3.05) is 17.6 Å². The van der Waals surface area contributed by atoms with E-state index in [0.29, 0.717) is 22.5 Å². The fourth-order valence-electron chi connectivity index (χ4n) is 4.31. The van der Waals surface area contributed by atoms with E-state index in [1.165, 1.54) is 19.2 Å². The second-order valence-corrected chi connectivity index (χ2v) is 11.9. The summed E-state index contributed by atoms with van der Waals surface area (Å²) in [4.78, 5) is 9.44. The molecule has 0 unspecified atom stereocenters. The summed E-state index contributed by atoms with van der Waals surface area (Å²) in [5.74, 6) is -0.638. The maximum atomic E-state index is 13.9. The first kappa shape index (κ1) is 26.6. The number of halogens is 1. The highest BCUT2D eigenvalue weighted by atomic mass is 32.2. The van der Waals surface area contributed by atoms with Crippen molar-refractivity contribution in [1.29, 1.82) is 0 Å². The van der Waals surface area contributed by atoms with Gasteiger partial charge in [0.2, 0.25) is 16.0 Å². The molecule has 0 saturated heterocycles. The lowest BCUT2D eigenvalue weighted by molar-refractivity contribution is 0.584. The monoisotopic (exact) mass is 535 g/mol. The first-order valence-electron chi connectivity index (χ1n) is 11.7. The molecule has 1 aromatic heterocycles. The predicted octanol–water partition coefficient (Wildman–Crippen LogP) is 6.39. The molecule has 0 spiro atoms. The first-order chi connectivity index (χ1) is 17.6. The quantitative estimate of drug-likeness (QED) is 0.245. The summed E-state index contributed by atoms with van der Waals surface area (Å²) in [5.41, 5.74) is 3.51. The van der Waals surface area contributed by atoms with Gasteiger partial charge in [0.25, 0.3) is 0 Å². The van der Waals surface area contributed by atoms with E-state index in [-0.39, 0.29) is 20.3 Å². The van der Waals surface area contributed by atoms with Crippen molar-refractivity contribution in [3.05, 3.63) is 113 Å². The fourth-order valence-corrected chi connectivity index (χ4v) is 5.51. The Kier molecular flexibility index (Phi) is 7.53. The normalized spacial score (nSPS) is 12.2. The molecule has 9 heteroatoms. The molecule has 0 amide bonds. The third-order valence-electron chi connectivity index (χ3n) is 6.25. The maximum Gasteiger partial charge on any atom is 0.239 e. The second-order valence-electron chi connectivity index (χ2n) is 9.06. The Balaban J connectivity index is 2.23. The van der Waals surface area contributed by atoms with Gasteiger partial charge in [-0.15, -0.1) is 0 Å². The molecule has 0 aliphatic carbocycles. The van der Waals surface area contributed by atoms with Crippen LogP contribution in [-0.2, 0) is 19.7 Å². The summed E-state index contributed by atoms with van der Waals surface area (Å²) in [6, 6.07) is 24.6. The molecule has 0 bridgehead atoms. The van der Waals surface area contributed by atoms with E-state index in [2.05, 4.69) is 0 Å². The number of hydrogen-bond acceptors (Lipinski definition) is 5. The van der Waals surface area contributed by atoms with Gasteiger partial charge in [0.1, 0.15) is 11.0 Å². The van der Waals surface area contributed by atoms with Crippen LogP contribution < -0.4 is 4.31 Å². The zero-order valence-electron chi connectivity index (χ0n) is 21.0. The van der Waals surface area contributed by atoms with E-state index in [9.17, 15) is 17.4 Å². The van der Waals surface area contributed by atoms with Crippen LogP contribution in [0.25, 0.3) is 11.3 Å². The summed E-state index contributed by atoms with van der Waals surface area (Å²) >= 11 is 0. The van der Waals surface area contributed by atoms with Gasteiger partial charge in [0.05, 0.1) is 17.6 Å². The number of aromatic nitrogens is 2. The Morgan fingerprint density at radius 1 is 0.865 bits per heavy atom. The van der Waals surface area contributed by atoms with Crippen LogP contribution in [0, 0.1) is 5.82 Å². The zero-order valence-corrected chi connectivity index (χ0v) is 22.7. The van der Waals surface area contributed by atoms with E-state index in [0.717, 1.165) is 21.7 Å². The lowest BCUT2D eigenvalue weighted by Crippen LogP contribution is -2.31. The molecule has 1 heterocycles. The third-order valence-corrected chi connectivity index (χ3v) is 8.42. The Bertz CT molecular complexity index is 1470. The van der Waals surface area contributed by atoms with Crippen molar-refractivity contribution in [2.45, 2.75) is 24.9 Å². The molecule has 0 aliphatic rings. The van der Waals surface area contributed by atoms with Gasteiger partial charge in [-0.1, -0.05) is 74.5 Å². The van der Waals surface area contributed by atoms with Crippen LogP contribution in [0.4, 0.5) is 10.3 Å². The fraction of sp³-hybridized carbons (Fsp3) is 0.214. The molecule has 0 atom stereocenters. The van der Waals surface area contributed by atoms with Crippen LogP contribution in [0.2, 0.25) is 0 Å². The van der Waals surface area contributed by atoms with Crippen LogP contribution in [0.5, 0.6) is 0 Å². The average Bonchev–Trinajstić information content (AvgIpc) is 2.90. The maximum absolute atomic E-state index is 13.9. The minimum absolute atomic E-state index is 0.0214. The van der Waals surface area contributed by atoms with Crippen molar-refractivity contribution < 1.29 is 17.4 Å². The predicted molar refractivity (Wildman–Crippen MR) is 145 cm³/mol. The first-order valence-corrected chi connectivity index (χ1v) is 14.3. The SMILES string of the molecule is CC(C)c1nc(N(C)S(C)(=O)=O)nc(-c2ccc(F)cc2)c1C(P=O)(c1ccccc1)c1ccccc1. The molecular weight excluding hydrogens is 508 g/mol. The number of anilines is 1. The Hall–Kier alpha value is -3.48. The highest BCUT2D eigenvalue weighted by molar-refractivity contribution is 7.92. The standard InChI is InChI=1S/C28H27FN3O3PS/c1-19(2)25-24(28(36-33,21-11-7-5-8-12-21)22-13-9-6-10-14-22)26(20-15-17-23(29)18-16-20)31-27(30-25)32(3)37(4,34)35/h5-19H,1-4H3. The minimum Gasteiger partial charge on any atom is -0.273 e. The number of sulfonamides is 1. The van der Waals surface area contributed by atoms with Gasteiger partial charge in [-0.3, -0.25) is 4.57 Å². The van der Waals surface area contributed by atoms with Gasteiger partial charge >= 0.3 is 0 Å². The lowest BCUT2D eigenvalue weighted by atomic mass is 9.79. The van der Waals surface area contributed by atoms with Gasteiger partial charge < -0.3 is 0 Å². The average molecular weight is 536 g/mol. The highest BCUT2D eigenvalue weighted by Crippen LogP contribution is 2.52. The van der Waals surface area contributed by atoms with Crippen molar-refractivity contribution in [3.8, 4) is 11.3 Å². The zero-order chi connectivity index (χ0) is 26.8. The molecule has 37 heavy (non-hydrogen) atoms. The Morgan fingerprint density at radius 3 is 1.81 bits per heavy atom. The molecule has 6 nitrogen and oxygen atoms in total. The molecule has 0 fully saturated rings. The number of benzene rings is 3. The minimum atomic E-state index is -3.68. The van der Waals surface area contributed by atoms with E-state index in [1.54, 1.807) is 12.1 Å². The molecule has 190 valence electrons. The summed E-state index contributed by atoms with van der Waals surface area (Å²) < 4.78 is 53.3. The van der Waals surface area contributed by atoms with Gasteiger partial charge in [0.15, 0.2) is 8.46 Å². The van der Waals surface area contributed by atoms with Crippen molar-refractivity contribution in [1.82, 2.24) is 9.97 Å². The van der Waals surface area contributed by atoms with Crippen molar-refractivity contribution in [3.63, 3.8) is 0 Å². The van der Waals surface area contributed by atoms with Crippen LogP contribution in [-0.4, -0.2) is 31.7 Å². The Labute approximate surface area is 218 Å². The van der Waals surface area contributed by atoms with E-state index in [4.69, 9.17) is 9.97 Å². The molecule has 3 aromatic carbocycles. The molecule has 4 rings (SSSR count). The summed E-state index contributed by atoms with van der Waals surface area (Å²) in [6.45, 7) is 3.87. The second kappa shape index (κ2) is 10.5. The summed E-state index contributed by atoms with van der Waals surface area (Å²) in [6.07, 6.45) is 1.07. The topological polar surface area (TPSA) is 80.2 Å². The van der Waals surface area contributed by atoms with Gasteiger partial charge in [-0.05, 0) is 41.3 Å². The largest absolute Gasteiger partial charge is 0.273 e. The number of rotatable bonds is 8. The molecule has 4 aromatic rings. The smallest absolute Gasteiger partial charge is 0.239 e. The molecular formula is C28H27FN3O3PS. The molecule has 0 N–H and O–H groups in total. The molecule has 0 aliphatic heterocycles. The van der Waals surface area contributed by atoms with Crippen LogP contribution in [0.1, 0.15) is 42.1 Å². The van der Waals surface area contributed by atoms with Crippen molar-refractivity contribution in [2.24, 2.45) is 0 Å². The Morgan fingerprint density at radius 2 is 1.38 bits per heavy atom. The molecule has 0 radical (unpaired) electrons. The van der Waals surface area contributed by atoms with Gasteiger partial charge in [-0.25, -0.2) is 27.1 Å². The number of nitrogens with zero attached hydrogens (tertiary/aromatic N) is 3. The van der Waals surface area contributed by atoms with Crippen LogP contribution in [0.3, 0.4) is 0 Å². The van der Waals surface area contributed by atoms with Crippen LogP contribution in [0.15, 0.2) is 84.9 Å². The molecule has 0 saturated carbocycles. The van der Waals surface area contributed by atoms with E-state index in [1.807, 2.05) is 74.5 Å². The van der Waals surface area contributed by atoms with E-state index < -0.39 is 21.0 Å². The number of hydrogen-bond donors (Lipinski definition) is 0. The van der Waals surface area contributed by atoms with Gasteiger partial charge in [-0.2, -0.15) is 0 Å². The lowest BCUT2D eigenvalue weighted by Gasteiger charge is -2.33. The van der Waals surface area contributed by atoms with Gasteiger partial charge in [0, 0.05) is 18.2 Å². The highest BCUT2D eigenvalue weighted by Gasteiger charge is 2.43. The van der Waals surface area contributed by atoms with Crippen molar-refractivity contribution >= 4 is 24.4 Å². The van der Waals surface area contributed by atoms with Crippen LogP contribution >= 0.6 is 8.46 Å². The third kappa shape index (κ3) is 5.04.